The second kappa shape index (κ2) is 5.75. The molecule has 0 amide bonds. The van der Waals surface area contributed by atoms with Crippen LogP contribution in [0.3, 0.4) is 0 Å². The SMILES string of the molecule is CC[C@H](C)c1ccccc1NS(=O)(=O)c1cccs1. The van der Waals surface area contributed by atoms with E-state index in [4.69, 9.17) is 0 Å². The summed E-state index contributed by atoms with van der Waals surface area (Å²) in [4.78, 5) is 0. The maximum absolute atomic E-state index is 12.2. The molecule has 0 spiro atoms. The lowest BCUT2D eigenvalue weighted by molar-refractivity contribution is 0.603. The molecule has 102 valence electrons. The van der Waals surface area contributed by atoms with Gasteiger partial charge in [0.1, 0.15) is 4.21 Å². The molecule has 1 atom stereocenters. The minimum Gasteiger partial charge on any atom is -0.279 e. The lowest BCUT2D eigenvalue weighted by atomic mass is 9.97. The zero-order valence-electron chi connectivity index (χ0n) is 11.0. The molecule has 2 rings (SSSR count). The van der Waals surface area contributed by atoms with Gasteiger partial charge in [0.2, 0.25) is 0 Å². The Morgan fingerprint density at radius 1 is 1.21 bits per heavy atom. The zero-order valence-corrected chi connectivity index (χ0v) is 12.6. The largest absolute Gasteiger partial charge is 0.279 e. The molecule has 0 saturated heterocycles. The van der Waals surface area contributed by atoms with Crippen LogP contribution in [0.2, 0.25) is 0 Å². The second-order valence-corrected chi connectivity index (χ2v) is 7.29. The third kappa shape index (κ3) is 3.16. The summed E-state index contributed by atoms with van der Waals surface area (Å²) in [6.07, 6.45) is 0.970. The molecule has 0 unspecified atom stereocenters. The lowest BCUT2D eigenvalue weighted by Crippen LogP contribution is -2.13. The molecule has 0 aliphatic heterocycles. The van der Waals surface area contributed by atoms with Crippen LogP contribution in [0.4, 0.5) is 5.69 Å². The summed E-state index contributed by atoms with van der Waals surface area (Å²) >= 11 is 1.22. The van der Waals surface area contributed by atoms with Crippen LogP contribution in [-0.2, 0) is 10.0 Å². The summed E-state index contributed by atoms with van der Waals surface area (Å²) in [5, 5.41) is 1.76. The highest BCUT2D eigenvalue weighted by atomic mass is 32.2. The normalized spacial score (nSPS) is 13.2. The molecular formula is C14H17NO2S2. The van der Waals surface area contributed by atoms with Crippen LogP contribution < -0.4 is 4.72 Å². The van der Waals surface area contributed by atoms with E-state index in [2.05, 4.69) is 18.6 Å². The van der Waals surface area contributed by atoms with E-state index < -0.39 is 10.0 Å². The highest BCUT2D eigenvalue weighted by Gasteiger charge is 2.18. The number of benzene rings is 1. The first-order chi connectivity index (χ1) is 9.04. The Labute approximate surface area is 118 Å². The predicted octanol–water partition coefficient (Wildman–Crippen LogP) is 4.06. The Kier molecular flexibility index (Phi) is 4.27. The second-order valence-electron chi connectivity index (χ2n) is 4.43. The first-order valence-corrected chi connectivity index (χ1v) is 8.56. The van der Waals surface area contributed by atoms with Crippen LogP contribution in [0.15, 0.2) is 46.0 Å². The van der Waals surface area contributed by atoms with Crippen molar-refractivity contribution < 1.29 is 8.42 Å². The van der Waals surface area contributed by atoms with Gasteiger partial charge in [0.05, 0.1) is 5.69 Å². The van der Waals surface area contributed by atoms with E-state index in [1.807, 2.05) is 24.3 Å². The zero-order chi connectivity index (χ0) is 13.9. The van der Waals surface area contributed by atoms with E-state index in [9.17, 15) is 8.42 Å². The fourth-order valence-electron chi connectivity index (χ4n) is 1.85. The minimum atomic E-state index is -3.47. The van der Waals surface area contributed by atoms with Crippen LogP contribution in [0.25, 0.3) is 0 Å². The quantitative estimate of drug-likeness (QED) is 0.904. The highest BCUT2D eigenvalue weighted by molar-refractivity contribution is 7.94. The fourth-order valence-corrected chi connectivity index (χ4v) is 3.93. The van der Waals surface area contributed by atoms with Gasteiger partial charge in [-0.1, -0.05) is 38.1 Å². The van der Waals surface area contributed by atoms with E-state index in [0.717, 1.165) is 12.0 Å². The monoisotopic (exact) mass is 295 g/mol. The van der Waals surface area contributed by atoms with Crippen molar-refractivity contribution in [3.8, 4) is 0 Å². The van der Waals surface area contributed by atoms with Gasteiger partial charge in [-0.25, -0.2) is 8.42 Å². The van der Waals surface area contributed by atoms with Gasteiger partial charge in [0, 0.05) is 0 Å². The van der Waals surface area contributed by atoms with E-state index >= 15 is 0 Å². The molecule has 0 bridgehead atoms. The van der Waals surface area contributed by atoms with Gasteiger partial charge in [-0.3, -0.25) is 4.72 Å². The Morgan fingerprint density at radius 3 is 2.58 bits per heavy atom. The summed E-state index contributed by atoms with van der Waals surface area (Å²) in [7, 11) is -3.47. The van der Waals surface area contributed by atoms with E-state index in [1.165, 1.54) is 11.3 Å². The number of hydrogen-bond donors (Lipinski definition) is 1. The molecule has 1 aromatic carbocycles. The van der Waals surface area contributed by atoms with E-state index in [-0.39, 0.29) is 0 Å². The number of rotatable bonds is 5. The molecule has 1 aromatic heterocycles. The average molecular weight is 295 g/mol. The lowest BCUT2D eigenvalue weighted by Gasteiger charge is -2.15. The van der Waals surface area contributed by atoms with Crippen molar-refractivity contribution in [3.05, 3.63) is 47.3 Å². The average Bonchev–Trinajstić information content (AvgIpc) is 2.93. The number of sulfonamides is 1. The summed E-state index contributed by atoms with van der Waals surface area (Å²) < 4.78 is 27.5. The van der Waals surface area contributed by atoms with Crippen molar-refractivity contribution in [1.82, 2.24) is 0 Å². The molecule has 0 aliphatic rings. The van der Waals surface area contributed by atoms with Crippen molar-refractivity contribution >= 4 is 27.0 Å². The molecule has 0 radical (unpaired) electrons. The maximum Gasteiger partial charge on any atom is 0.271 e. The maximum atomic E-state index is 12.2. The predicted molar refractivity (Wildman–Crippen MR) is 80.3 cm³/mol. The topological polar surface area (TPSA) is 46.2 Å². The Morgan fingerprint density at radius 2 is 1.95 bits per heavy atom. The van der Waals surface area contributed by atoms with Crippen molar-refractivity contribution in [2.75, 3.05) is 4.72 Å². The van der Waals surface area contributed by atoms with Gasteiger partial charge in [0.15, 0.2) is 0 Å². The van der Waals surface area contributed by atoms with E-state index in [1.54, 1.807) is 17.5 Å². The Bertz CT molecular complexity index is 633. The summed E-state index contributed by atoms with van der Waals surface area (Å²) in [5.74, 6) is 0.322. The fraction of sp³-hybridized carbons (Fsp3) is 0.286. The molecule has 2 aromatic rings. The first kappa shape index (κ1) is 14.1. The van der Waals surface area contributed by atoms with Crippen LogP contribution in [0.1, 0.15) is 31.7 Å². The molecule has 19 heavy (non-hydrogen) atoms. The summed E-state index contributed by atoms with van der Waals surface area (Å²) in [5.41, 5.74) is 1.70. The summed E-state index contributed by atoms with van der Waals surface area (Å²) in [6, 6.07) is 10.9. The third-order valence-corrected chi connectivity index (χ3v) is 5.87. The molecule has 3 nitrogen and oxygen atoms in total. The molecular weight excluding hydrogens is 278 g/mol. The van der Waals surface area contributed by atoms with Gasteiger partial charge in [-0.15, -0.1) is 11.3 Å². The van der Waals surface area contributed by atoms with Crippen LogP contribution >= 0.6 is 11.3 Å². The molecule has 0 aliphatic carbocycles. The minimum absolute atomic E-state index is 0.322. The van der Waals surface area contributed by atoms with Gasteiger partial charge in [-0.2, -0.15) is 0 Å². The molecule has 0 saturated carbocycles. The number of thiophene rings is 1. The number of nitrogens with one attached hydrogen (secondary N) is 1. The van der Waals surface area contributed by atoms with Crippen molar-refractivity contribution in [2.24, 2.45) is 0 Å². The van der Waals surface area contributed by atoms with Gasteiger partial charge in [0.25, 0.3) is 10.0 Å². The molecule has 1 heterocycles. The van der Waals surface area contributed by atoms with Gasteiger partial charge >= 0.3 is 0 Å². The number of hydrogen-bond acceptors (Lipinski definition) is 3. The summed E-state index contributed by atoms with van der Waals surface area (Å²) in [6.45, 7) is 4.19. The van der Waals surface area contributed by atoms with Gasteiger partial charge < -0.3 is 0 Å². The van der Waals surface area contributed by atoms with Crippen molar-refractivity contribution in [3.63, 3.8) is 0 Å². The smallest absolute Gasteiger partial charge is 0.271 e. The van der Waals surface area contributed by atoms with Gasteiger partial charge in [-0.05, 0) is 35.4 Å². The number of para-hydroxylation sites is 1. The first-order valence-electron chi connectivity index (χ1n) is 6.20. The van der Waals surface area contributed by atoms with E-state index in [0.29, 0.717) is 15.8 Å². The molecule has 0 fully saturated rings. The van der Waals surface area contributed by atoms with Crippen LogP contribution in [0, 0.1) is 0 Å². The Hall–Kier alpha value is -1.33. The standard InChI is InChI=1S/C14H17NO2S2/c1-3-11(2)12-7-4-5-8-13(12)15-19(16,17)14-9-6-10-18-14/h4-11,15H,3H2,1-2H3/t11-/m0/s1. The van der Waals surface area contributed by atoms with Crippen molar-refractivity contribution in [2.45, 2.75) is 30.4 Å². The van der Waals surface area contributed by atoms with Crippen molar-refractivity contribution in [1.29, 1.82) is 0 Å². The number of anilines is 1. The molecule has 1 N–H and O–H groups in total. The highest BCUT2D eigenvalue weighted by Crippen LogP contribution is 2.29. The Balaban J connectivity index is 2.34. The molecule has 5 heteroatoms. The third-order valence-electron chi connectivity index (χ3n) is 3.11. The van der Waals surface area contributed by atoms with Crippen LogP contribution in [-0.4, -0.2) is 8.42 Å². The van der Waals surface area contributed by atoms with Crippen LogP contribution in [0.5, 0.6) is 0 Å².